The number of rotatable bonds is 25. The SMILES string of the molecule is [CH2]CCCCC(C)CCCCCCCCCCCCCCCCCCCCCC. The molecule has 0 aromatic carbocycles. The Labute approximate surface area is 187 Å². The van der Waals surface area contributed by atoms with Crippen molar-refractivity contribution in [3.63, 3.8) is 0 Å². The Balaban J connectivity index is 3.05. The fourth-order valence-corrected chi connectivity index (χ4v) is 4.56. The molecule has 0 amide bonds. The van der Waals surface area contributed by atoms with Gasteiger partial charge in [-0.25, -0.2) is 0 Å². The lowest BCUT2D eigenvalue weighted by atomic mass is 9.96. The minimum Gasteiger partial charge on any atom is -0.0654 e. The molecule has 1 atom stereocenters. The van der Waals surface area contributed by atoms with Gasteiger partial charge in [0.1, 0.15) is 0 Å². The lowest BCUT2D eigenvalue weighted by Gasteiger charge is -2.10. The second-order valence-electron chi connectivity index (χ2n) is 9.96. The molecule has 0 N–H and O–H groups in total. The van der Waals surface area contributed by atoms with Crippen molar-refractivity contribution in [3.05, 3.63) is 6.92 Å². The van der Waals surface area contributed by atoms with Gasteiger partial charge in [0.05, 0.1) is 0 Å². The van der Waals surface area contributed by atoms with E-state index in [4.69, 9.17) is 0 Å². The summed E-state index contributed by atoms with van der Waals surface area (Å²) in [6.07, 6.45) is 36.2. The molecule has 175 valence electrons. The number of unbranched alkanes of at least 4 members (excludes halogenated alkanes) is 21. The van der Waals surface area contributed by atoms with Crippen molar-refractivity contribution in [3.8, 4) is 0 Å². The maximum absolute atomic E-state index is 3.94. The maximum atomic E-state index is 3.94. The van der Waals surface area contributed by atoms with Crippen LogP contribution in [-0.2, 0) is 0 Å². The zero-order valence-corrected chi connectivity index (χ0v) is 21.0. The molecular weight excluding hydrogens is 348 g/mol. The summed E-state index contributed by atoms with van der Waals surface area (Å²) in [4.78, 5) is 0. The minimum absolute atomic E-state index is 0.942. The third kappa shape index (κ3) is 26.0. The van der Waals surface area contributed by atoms with Gasteiger partial charge in [-0.05, 0) is 5.92 Å². The van der Waals surface area contributed by atoms with Crippen LogP contribution in [0.15, 0.2) is 0 Å². The predicted molar refractivity (Wildman–Crippen MR) is 136 cm³/mol. The monoisotopic (exact) mass is 407 g/mol. The molecular formula is C29H59. The van der Waals surface area contributed by atoms with Crippen molar-refractivity contribution in [1.29, 1.82) is 0 Å². The third-order valence-corrected chi connectivity index (χ3v) is 6.75. The fourth-order valence-electron chi connectivity index (χ4n) is 4.56. The predicted octanol–water partition coefficient (Wildman–Crippen LogP) is 11.2. The Kier molecular flexibility index (Phi) is 26.0. The lowest BCUT2D eigenvalue weighted by Crippen LogP contribution is -1.94. The molecule has 0 heteroatoms. The molecule has 0 aromatic heterocycles. The van der Waals surface area contributed by atoms with Crippen LogP contribution in [0.4, 0.5) is 0 Å². The molecule has 0 aliphatic rings. The Bertz CT molecular complexity index is 269. The van der Waals surface area contributed by atoms with Crippen LogP contribution in [0, 0.1) is 12.8 Å². The molecule has 0 aliphatic heterocycles. The van der Waals surface area contributed by atoms with Gasteiger partial charge in [0, 0.05) is 0 Å². The molecule has 1 radical (unpaired) electrons. The van der Waals surface area contributed by atoms with E-state index in [0.29, 0.717) is 0 Å². The molecule has 0 rings (SSSR count). The van der Waals surface area contributed by atoms with Gasteiger partial charge < -0.3 is 0 Å². The number of hydrogen-bond acceptors (Lipinski definition) is 0. The van der Waals surface area contributed by atoms with Crippen LogP contribution >= 0.6 is 0 Å². The van der Waals surface area contributed by atoms with Gasteiger partial charge >= 0.3 is 0 Å². The summed E-state index contributed by atoms with van der Waals surface area (Å²) in [6, 6.07) is 0. The molecule has 0 aliphatic carbocycles. The van der Waals surface area contributed by atoms with E-state index in [2.05, 4.69) is 20.8 Å². The first kappa shape index (κ1) is 29.0. The smallest absolute Gasteiger partial charge is 0.0443 e. The van der Waals surface area contributed by atoms with Crippen LogP contribution < -0.4 is 0 Å². The summed E-state index contributed by atoms with van der Waals surface area (Å²) in [5, 5.41) is 0. The van der Waals surface area contributed by atoms with Crippen LogP contribution in [0.3, 0.4) is 0 Å². The van der Waals surface area contributed by atoms with E-state index in [1.54, 1.807) is 0 Å². The van der Waals surface area contributed by atoms with Gasteiger partial charge in [-0.1, -0.05) is 181 Å². The molecule has 0 fully saturated rings. The Morgan fingerprint density at radius 3 is 1.00 bits per heavy atom. The molecule has 0 spiro atoms. The second kappa shape index (κ2) is 26.0. The van der Waals surface area contributed by atoms with Crippen molar-refractivity contribution in [2.24, 2.45) is 5.92 Å². The van der Waals surface area contributed by atoms with E-state index in [1.807, 2.05) is 0 Å². The second-order valence-corrected chi connectivity index (χ2v) is 9.96. The zero-order chi connectivity index (χ0) is 21.3. The van der Waals surface area contributed by atoms with Crippen LogP contribution in [0.5, 0.6) is 0 Å². The molecule has 0 heterocycles. The van der Waals surface area contributed by atoms with Crippen molar-refractivity contribution in [2.75, 3.05) is 0 Å². The molecule has 1 unspecified atom stereocenters. The number of hydrogen-bond donors (Lipinski definition) is 0. The van der Waals surface area contributed by atoms with Gasteiger partial charge in [0.25, 0.3) is 0 Å². The van der Waals surface area contributed by atoms with Gasteiger partial charge in [0.15, 0.2) is 0 Å². The Morgan fingerprint density at radius 2 is 0.690 bits per heavy atom. The molecule has 0 aromatic rings. The summed E-state index contributed by atoms with van der Waals surface area (Å²) in [5.74, 6) is 0.942. The third-order valence-electron chi connectivity index (χ3n) is 6.75. The Hall–Kier alpha value is 0. The molecule has 0 saturated heterocycles. The molecule has 0 bridgehead atoms. The topological polar surface area (TPSA) is 0 Å². The molecule has 29 heavy (non-hydrogen) atoms. The van der Waals surface area contributed by atoms with Gasteiger partial charge in [-0.2, -0.15) is 0 Å². The Morgan fingerprint density at radius 1 is 0.414 bits per heavy atom. The highest BCUT2D eigenvalue weighted by molar-refractivity contribution is 4.56. The van der Waals surface area contributed by atoms with E-state index in [0.717, 1.165) is 12.3 Å². The van der Waals surface area contributed by atoms with E-state index >= 15 is 0 Å². The lowest BCUT2D eigenvalue weighted by molar-refractivity contribution is 0.437. The summed E-state index contributed by atoms with van der Waals surface area (Å²) >= 11 is 0. The summed E-state index contributed by atoms with van der Waals surface area (Å²) in [6.45, 7) is 8.69. The first-order valence-corrected chi connectivity index (χ1v) is 14.1. The summed E-state index contributed by atoms with van der Waals surface area (Å²) < 4.78 is 0. The standard InChI is InChI=1S/C29H59/c1-4-6-8-9-10-11-12-13-14-15-16-17-18-19-20-21-22-23-24-26-28-29(3)27-25-7-5-2/h29H,2,4-28H2,1,3H3. The zero-order valence-electron chi connectivity index (χ0n) is 21.0. The molecule has 0 saturated carbocycles. The van der Waals surface area contributed by atoms with E-state index < -0.39 is 0 Å². The highest BCUT2D eigenvalue weighted by Crippen LogP contribution is 2.18. The van der Waals surface area contributed by atoms with Crippen molar-refractivity contribution < 1.29 is 0 Å². The normalized spacial score (nSPS) is 12.5. The van der Waals surface area contributed by atoms with Gasteiger partial charge in [-0.15, -0.1) is 0 Å². The maximum Gasteiger partial charge on any atom is -0.0443 e. The van der Waals surface area contributed by atoms with Crippen LogP contribution in [0.2, 0.25) is 0 Å². The first-order valence-electron chi connectivity index (χ1n) is 14.1. The van der Waals surface area contributed by atoms with Crippen LogP contribution in [0.1, 0.15) is 174 Å². The summed E-state index contributed by atoms with van der Waals surface area (Å²) in [5.41, 5.74) is 0. The van der Waals surface area contributed by atoms with Crippen molar-refractivity contribution >= 4 is 0 Å². The van der Waals surface area contributed by atoms with Crippen molar-refractivity contribution in [1.82, 2.24) is 0 Å². The average molecular weight is 408 g/mol. The van der Waals surface area contributed by atoms with Crippen LogP contribution in [0.25, 0.3) is 0 Å². The minimum atomic E-state index is 0.942. The van der Waals surface area contributed by atoms with E-state index in [9.17, 15) is 0 Å². The quantitative estimate of drug-likeness (QED) is 0.132. The van der Waals surface area contributed by atoms with Gasteiger partial charge in [-0.3, -0.25) is 0 Å². The van der Waals surface area contributed by atoms with E-state index in [-0.39, 0.29) is 0 Å². The highest BCUT2D eigenvalue weighted by atomic mass is 14.1. The van der Waals surface area contributed by atoms with E-state index in [1.165, 1.54) is 154 Å². The van der Waals surface area contributed by atoms with Crippen LogP contribution in [-0.4, -0.2) is 0 Å². The molecule has 0 nitrogen and oxygen atoms in total. The van der Waals surface area contributed by atoms with Gasteiger partial charge in [0.2, 0.25) is 0 Å². The highest BCUT2D eigenvalue weighted by Gasteiger charge is 2.01. The first-order chi connectivity index (χ1) is 14.3. The van der Waals surface area contributed by atoms with Crippen molar-refractivity contribution in [2.45, 2.75) is 174 Å². The average Bonchev–Trinajstić information content (AvgIpc) is 2.72. The fraction of sp³-hybridized carbons (Fsp3) is 0.966. The largest absolute Gasteiger partial charge is 0.0654 e. The summed E-state index contributed by atoms with van der Waals surface area (Å²) in [7, 11) is 0.